The summed E-state index contributed by atoms with van der Waals surface area (Å²) in [5.41, 5.74) is 0.721. The summed E-state index contributed by atoms with van der Waals surface area (Å²) >= 11 is 0. The number of carboxylic acid groups (broad SMARTS) is 1. The van der Waals surface area contributed by atoms with E-state index in [4.69, 9.17) is 9.47 Å². The number of benzene rings is 2. The van der Waals surface area contributed by atoms with Crippen LogP contribution in [0.15, 0.2) is 60.8 Å². The molecule has 0 radical (unpaired) electrons. The normalized spacial score (nSPS) is 15.5. The van der Waals surface area contributed by atoms with Crippen LogP contribution in [-0.2, 0) is 21.4 Å². The fourth-order valence-electron chi connectivity index (χ4n) is 4.46. The zero-order valence-corrected chi connectivity index (χ0v) is 22.7. The van der Waals surface area contributed by atoms with E-state index in [1.54, 1.807) is 26.1 Å². The Morgan fingerprint density at radius 2 is 1.85 bits per heavy atom. The van der Waals surface area contributed by atoms with Crippen LogP contribution in [0.3, 0.4) is 0 Å². The summed E-state index contributed by atoms with van der Waals surface area (Å²) in [6.45, 7) is 7.30. The van der Waals surface area contributed by atoms with E-state index < -0.39 is 11.4 Å². The van der Waals surface area contributed by atoms with Crippen molar-refractivity contribution in [3.8, 4) is 11.5 Å². The Morgan fingerprint density at radius 1 is 1.10 bits per heavy atom. The van der Waals surface area contributed by atoms with Crippen molar-refractivity contribution in [1.29, 1.82) is 0 Å². The molecule has 0 saturated carbocycles. The zero-order valence-electron chi connectivity index (χ0n) is 22.7. The topological polar surface area (TPSA) is 114 Å². The third-order valence-corrected chi connectivity index (χ3v) is 6.87. The number of aromatic nitrogens is 2. The Labute approximate surface area is 229 Å². The minimum absolute atomic E-state index is 0.0327. The highest BCUT2D eigenvalue weighted by Crippen LogP contribution is 2.30. The molecule has 9 nitrogen and oxygen atoms in total. The fourth-order valence-corrected chi connectivity index (χ4v) is 4.46. The molecule has 1 amide bonds. The first-order valence-electron chi connectivity index (χ1n) is 13.4. The number of amides is 1. The van der Waals surface area contributed by atoms with E-state index in [1.165, 1.54) is 0 Å². The van der Waals surface area contributed by atoms with E-state index in [-0.39, 0.29) is 18.4 Å². The molecule has 1 aliphatic rings. The maximum absolute atomic E-state index is 12.6. The van der Waals surface area contributed by atoms with Crippen LogP contribution in [0, 0.1) is 0 Å². The second-order valence-corrected chi connectivity index (χ2v) is 10.1. The molecular weight excluding hydrogens is 496 g/mol. The lowest BCUT2D eigenvalue weighted by Gasteiger charge is -2.33. The molecule has 1 aromatic heterocycles. The zero-order chi connectivity index (χ0) is 27.8. The predicted molar refractivity (Wildman–Crippen MR) is 150 cm³/mol. The highest BCUT2D eigenvalue weighted by Gasteiger charge is 2.29. The average molecular weight is 533 g/mol. The molecule has 39 heavy (non-hydrogen) atoms. The van der Waals surface area contributed by atoms with Crippen LogP contribution in [0.1, 0.15) is 51.2 Å². The van der Waals surface area contributed by atoms with Crippen LogP contribution in [0.5, 0.6) is 11.5 Å². The highest BCUT2D eigenvalue weighted by molar-refractivity contribution is 5.90. The van der Waals surface area contributed by atoms with Crippen molar-refractivity contribution in [2.24, 2.45) is 0 Å². The monoisotopic (exact) mass is 532 g/mol. The van der Waals surface area contributed by atoms with Gasteiger partial charge in [0, 0.05) is 19.2 Å². The first-order chi connectivity index (χ1) is 18.8. The summed E-state index contributed by atoms with van der Waals surface area (Å²) in [4.78, 5) is 35.2. The van der Waals surface area contributed by atoms with Crippen LogP contribution >= 0.6 is 0 Å². The summed E-state index contributed by atoms with van der Waals surface area (Å²) < 4.78 is 12.0. The van der Waals surface area contributed by atoms with Crippen LogP contribution in [0.25, 0.3) is 0 Å². The summed E-state index contributed by atoms with van der Waals surface area (Å²) in [7, 11) is 0. The van der Waals surface area contributed by atoms with E-state index in [9.17, 15) is 14.7 Å². The molecule has 1 aliphatic heterocycles. The van der Waals surface area contributed by atoms with Crippen molar-refractivity contribution in [1.82, 2.24) is 9.97 Å². The number of nitrogens with zero attached hydrogens (tertiary/aromatic N) is 3. The Hall–Kier alpha value is -4.14. The molecule has 9 heteroatoms. The van der Waals surface area contributed by atoms with Crippen LogP contribution in [0.2, 0.25) is 0 Å². The van der Waals surface area contributed by atoms with E-state index in [0.717, 1.165) is 42.0 Å². The fraction of sp³-hybridized carbons (Fsp3) is 0.400. The number of ether oxygens (including phenoxy) is 2. The third-order valence-electron chi connectivity index (χ3n) is 6.87. The van der Waals surface area contributed by atoms with Gasteiger partial charge in [-0.05, 0) is 69.4 Å². The van der Waals surface area contributed by atoms with Crippen LogP contribution in [0.4, 0.5) is 11.8 Å². The maximum atomic E-state index is 12.6. The van der Waals surface area contributed by atoms with Gasteiger partial charge in [0.1, 0.15) is 11.9 Å². The number of carboxylic acids is 1. The summed E-state index contributed by atoms with van der Waals surface area (Å²) in [6, 6.07) is 16.7. The lowest BCUT2D eigenvalue weighted by Crippen LogP contribution is -2.42. The SMILES string of the molecule is CCOc1ccccc1O[C@@H]1CCCN(c2nccc(NC(=O)CCc3ccc(C(C)(C)C(=O)O)cc3)n2)C1. The first-order valence-corrected chi connectivity index (χ1v) is 13.4. The molecular formula is C30H36N4O5. The summed E-state index contributed by atoms with van der Waals surface area (Å²) in [5, 5.41) is 12.3. The van der Waals surface area contributed by atoms with Gasteiger partial charge in [-0.15, -0.1) is 0 Å². The Kier molecular flexibility index (Phi) is 9.01. The minimum atomic E-state index is -0.963. The predicted octanol–water partition coefficient (Wildman–Crippen LogP) is 4.86. The number of carbonyl (C=O) groups is 2. The van der Waals surface area contributed by atoms with E-state index in [2.05, 4.69) is 20.2 Å². The number of rotatable bonds is 11. The van der Waals surface area contributed by atoms with Gasteiger partial charge in [0.15, 0.2) is 11.5 Å². The molecule has 0 bridgehead atoms. The second-order valence-electron chi connectivity index (χ2n) is 10.1. The van der Waals surface area contributed by atoms with E-state index in [1.807, 2.05) is 55.5 Å². The van der Waals surface area contributed by atoms with Gasteiger partial charge in [0.2, 0.25) is 11.9 Å². The van der Waals surface area contributed by atoms with E-state index in [0.29, 0.717) is 31.3 Å². The third kappa shape index (κ3) is 7.25. The number of anilines is 2. The molecule has 2 aromatic carbocycles. The molecule has 0 aliphatic carbocycles. The summed E-state index contributed by atoms with van der Waals surface area (Å²) in [6.07, 6.45) is 4.28. The molecule has 3 aromatic rings. The molecule has 1 saturated heterocycles. The van der Waals surface area contributed by atoms with Gasteiger partial charge in [0.05, 0.1) is 18.6 Å². The highest BCUT2D eigenvalue weighted by atomic mass is 16.5. The molecule has 4 rings (SSSR count). The largest absolute Gasteiger partial charge is 0.490 e. The molecule has 2 heterocycles. The molecule has 1 fully saturated rings. The van der Waals surface area contributed by atoms with Crippen molar-refractivity contribution in [3.05, 3.63) is 71.9 Å². The lowest BCUT2D eigenvalue weighted by atomic mass is 9.84. The molecule has 2 N–H and O–H groups in total. The standard InChI is InChI=1S/C30H36N4O5/c1-4-38-24-9-5-6-10-25(24)39-23-8-7-19-34(20-23)29-31-18-17-26(33-29)32-27(35)16-13-21-11-14-22(15-12-21)30(2,3)28(36)37/h5-6,9-12,14-15,17-18,23H,4,7-8,13,16,19-20H2,1-3H3,(H,36,37)(H,31,32,33,35)/t23-/m1/s1. The van der Waals surface area contributed by atoms with Gasteiger partial charge >= 0.3 is 5.97 Å². The van der Waals surface area contributed by atoms with Crippen molar-refractivity contribution in [2.75, 3.05) is 29.9 Å². The smallest absolute Gasteiger partial charge is 0.313 e. The molecule has 1 atom stereocenters. The first kappa shape index (κ1) is 27.9. The van der Waals surface area contributed by atoms with Gasteiger partial charge in [-0.25, -0.2) is 4.98 Å². The van der Waals surface area contributed by atoms with Crippen molar-refractivity contribution in [3.63, 3.8) is 0 Å². The number of para-hydroxylation sites is 2. The molecule has 206 valence electrons. The van der Waals surface area contributed by atoms with Gasteiger partial charge in [-0.2, -0.15) is 4.98 Å². The maximum Gasteiger partial charge on any atom is 0.313 e. The lowest BCUT2D eigenvalue weighted by molar-refractivity contribution is -0.142. The van der Waals surface area contributed by atoms with E-state index >= 15 is 0 Å². The number of nitrogens with one attached hydrogen (secondary N) is 1. The Balaban J connectivity index is 1.32. The Bertz CT molecular complexity index is 1280. The number of hydrogen-bond acceptors (Lipinski definition) is 7. The van der Waals surface area contributed by atoms with Crippen molar-refractivity contribution in [2.45, 2.75) is 58.0 Å². The van der Waals surface area contributed by atoms with Crippen molar-refractivity contribution < 1.29 is 24.2 Å². The molecule has 0 spiro atoms. The number of aliphatic carboxylic acids is 1. The number of piperidine rings is 1. The molecule has 0 unspecified atom stereocenters. The van der Waals surface area contributed by atoms with Gasteiger partial charge < -0.3 is 24.8 Å². The summed E-state index contributed by atoms with van der Waals surface area (Å²) in [5.74, 6) is 1.44. The average Bonchev–Trinajstić information content (AvgIpc) is 2.93. The van der Waals surface area contributed by atoms with Crippen molar-refractivity contribution >= 4 is 23.6 Å². The van der Waals surface area contributed by atoms with Gasteiger partial charge in [-0.1, -0.05) is 36.4 Å². The Morgan fingerprint density at radius 3 is 2.56 bits per heavy atom. The quantitative estimate of drug-likeness (QED) is 0.360. The number of aryl methyl sites for hydroxylation is 1. The second kappa shape index (κ2) is 12.6. The minimum Gasteiger partial charge on any atom is -0.490 e. The van der Waals surface area contributed by atoms with Gasteiger partial charge in [-0.3, -0.25) is 9.59 Å². The van der Waals surface area contributed by atoms with Gasteiger partial charge in [0.25, 0.3) is 0 Å². The van der Waals surface area contributed by atoms with Crippen LogP contribution in [-0.4, -0.2) is 52.8 Å². The number of carbonyl (C=O) groups excluding carboxylic acids is 1. The number of hydrogen-bond donors (Lipinski definition) is 2. The van der Waals surface area contributed by atoms with Crippen LogP contribution < -0.4 is 19.7 Å².